The van der Waals surface area contributed by atoms with E-state index in [1.165, 1.54) is 0 Å². The number of sulfonamides is 1. The van der Waals surface area contributed by atoms with Crippen LogP contribution in [0.25, 0.3) is 0 Å². The van der Waals surface area contributed by atoms with Crippen LogP contribution in [0.4, 0.5) is 0 Å². The summed E-state index contributed by atoms with van der Waals surface area (Å²) in [6.07, 6.45) is 3.26. The summed E-state index contributed by atoms with van der Waals surface area (Å²) in [5, 5.41) is 2.92. The zero-order valence-electron chi connectivity index (χ0n) is 17.6. The van der Waals surface area contributed by atoms with E-state index in [0.717, 1.165) is 30.6 Å². The van der Waals surface area contributed by atoms with Gasteiger partial charge < -0.3 is 10.1 Å². The van der Waals surface area contributed by atoms with E-state index in [4.69, 9.17) is 4.74 Å². The van der Waals surface area contributed by atoms with Gasteiger partial charge in [-0.15, -0.1) is 0 Å². The molecule has 0 radical (unpaired) electrons. The molecular weight excluding hydrogens is 400 g/mol. The second kappa shape index (κ2) is 10.1. The molecule has 3 rings (SSSR count). The van der Waals surface area contributed by atoms with Crippen molar-refractivity contribution in [1.29, 1.82) is 0 Å². The molecule has 0 saturated carbocycles. The van der Waals surface area contributed by atoms with Crippen molar-refractivity contribution in [2.24, 2.45) is 0 Å². The molecule has 1 saturated heterocycles. The highest BCUT2D eigenvalue weighted by Crippen LogP contribution is 2.27. The lowest BCUT2D eigenvalue weighted by Crippen LogP contribution is -2.45. The average Bonchev–Trinajstić information content (AvgIpc) is 2.75. The van der Waals surface area contributed by atoms with Crippen molar-refractivity contribution in [3.8, 4) is 5.75 Å². The van der Waals surface area contributed by atoms with E-state index >= 15 is 0 Å². The van der Waals surface area contributed by atoms with Gasteiger partial charge in [-0.1, -0.05) is 24.1 Å². The monoisotopic (exact) mass is 430 g/mol. The van der Waals surface area contributed by atoms with Gasteiger partial charge in [-0.25, -0.2) is 8.42 Å². The number of hydrogen-bond acceptors (Lipinski definition) is 4. The zero-order chi connectivity index (χ0) is 21.6. The predicted octanol–water partition coefficient (Wildman–Crippen LogP) is 3.76. The molecule has 0 aliphatic carbocycles. The second-order valence-electron chi connectivity index (χ2n) is 7.58. The van der Waals surface area contributed by atoms with Crippen molar-refractivity contribution in [3.05, 3.63) is 59.7 Å². The Kier molecular flexibility index (Phi) is 7.50. The van der Waals surface area contributed by atoms with Crippen molar-refractivity contribution in [1.82, 2.24) is 9.62 Å². The molecule has 30 heavy (non-hydrogen) atoms. The lowest BCUT2D eigenvalue weighted by Gasteiger charge is -2.34. The SMILES string of the molecule is CCOc1ccc(C(=O)NCCC2CCCCN2S(=O)(=O)c2ccc(C)cc2)cc1. The quantitative estimate of drug-likeness (QED) is 0.692. The normalized spacial score (nSPS) is 17.5. The predicted molar refractivity (Wildman–Crippen MR) is 117 cm³/mol. The first kappa shape index (κ1) is 22.3. The smallest absolute Gasteiger partial charge is 0.251 e. The molecule has 2 aromatic rings. The van der Waals surface area contributed by atoms with Crippen LogP contribution in [0.3, 0.4) is 0 Å². The van der Waals surface area contributed by atoms with Crippen molar-refractivity contribution in [2.75, 3.05) is 19.7 Å². The Morgan fingerprint density at radius 2 is 1.80 bits per heavy atom. The number of carbonyl (C=O) groups excluding carboxylic acids is 1. The zero-order valence-corrected chi connectivity index (χ0v) is 18.5. The Balaban J connectivity index is 1.60. The second-order valence-corrected chi connectivity index (χ2v) is 9.47. The lowest BCUT2D eigenvalue weighted by atomic mass is 10.0. The lowest BCUT2D eigenvalue weighted by molar-refractivity contribution is 0.0949. The van der Waals surface area contributed by atoms with Gasteiger partial charge >= 0.3 is 0 Å². The number of ether oxygens (including phenoxy) is 1. The number of amides is 1. The number of rotatable bonds is 8. The van der Waals surface area contributed by atoms with Gasteiger partial charge in [0.25, 0.3) is 5.91 Å². The molecule has 1 atom stereocenters. The van der Waals surface area contributed by atoms with Crippen LogP contribution in [0.2, 0.25) is 0 Å². The summed E-state index contributed by atoms with van der Waals surface area (Å²) in [5.41, 5.74) is 1.59. The first-order chi connectivity index (χ1) is 14.4. The van der Waals surface area contributed by atoms with Gasteiger partial charge in [-0.3, -0.25) is 4.79 Å². The minimum absolute atomic E-state index is 0.106. The van der Waals surface area contributed by atoms with E-state index in [1.54, 1.807) is 40.7 Å². The topological polar surface area (TPSA) is 75.7 Å². The molecule has 0 bridgehead atoms. The van der Waals surface area contributed by atoms with E-state index in [1.807, 2.05) is 26.0 Å². The molecule has 1 amide bonds. The van der Waals surface area contributed by atoms with E-state index in [-0.39, 0.29) is 11.9 Å². The summed E-state index contributed by atoms with van der Waals surface area (Å²) >= 11 is 0. The molecule has 1 aliphatic heterocycles. The van der Waals surface area contributed by atoms with Gasteiger partial charge in [-0.2, -0.15) is 4.31 Å². The Hall–Kier alpha value is -2.38. The molecule has 7 heteroatoms. The fourth-order valence-corrected chi connectivity index (χ4v) is 5.47. The highest BCUT2D eigenvalue weighted by atomic mass is 32.2. The van der Waals surface area contributed by atoms with Crippen LogP contribution in [0.1, 0.15) is 48.5 Å². The molecule has 0 spiro atoms. The van der Waals surface area contributed by atoms with Crippen LogP contribution in [-0.2, 0) is 10.0 Å². The minimum atomic E-state index is -3.53. The maximum Gasteiger partial charge on any atom is 0.251 e. The van der Waals surface area contributed by atoms with Crippen LogP contribution in [0.15, 0.2) is 53.4 Å². The molecule has 1 heterocycles. The summed E-state index contributed by atoms with van der Waals surface area (Å²) in [7, 11) is -3.53. The third kappa shape index (κ3) is 5.40. The van der Waals surface area contributed by atoms with Crippen molar-refractivity contribution < 1.29 is 17.9 Å². The number of carbonyl (C=O) groups is 1. The Morgan fingerprint density at radius 1 is 1.10 bits per heavy atom. The molecule has 6 nitrogen and oxygen atoms in total. The number of nitrogens with zero attached hydrogens (tertiary/aromatic N) is 1. The molecule has 162 valence electrons. The van der Waals surface area contributed by atoms with E-state index in [0.29, 0.717) is 36.6 Å². The number of nitrogens with one attached hydrogen (secondary N) is 1. The summed E-state index contributed by atoms with van der Waals surface area (Å²) in [5.74, 6) is 0.565. The fourth-order valence-electron chi connectivity index (χ4n) is 3.75. The third-order valence-electron chi connectivity index (χ3n) is 5.39. The Bertz CT molecular complexity index is 940. The molecule has 1 N–H and O–H groups in total. The first-order valence-corrected chi connectivity index (χ1v) is 12.0. The first-order valence-electron chi connectivity index (χ1n) is 10.5. The van der Waals surface area contributed by atoms with Gasteiger partial charge in [-0.05, 0) is 69.5 Å². The molecule has 2 aromatic carbocycles. The van der Waals surface area contributed by atoms with Crippen LogP contribution in [0.5, 0.6) is 5.75 Å². The minimum Gasteiger partial charge on any atom is -0.494 e. The maximum absolute atomic E-state index is 13.1. The molecule has 1 fully saturated rings. The maximum atomic E-state index is 13.1. The number of piperidine rings is 1. The summed E-state index contributed by atoms with van der Waals surface area (Å²) in [6, 6.07) is 13.9. The Morgan fingerprint density at radius 3 is 2.47 bits per heavy atom. The van der Waals surface area contributed by atoms with Crippen molar-refractivity contribution in [3.63, 3.8) is 0 Å². The third-order valence-corrected chi connectivity index (χ3v) is 7.36. The van der Waals surface area contributed by atoms with Gasteiger partial charge in [0.2, 0.25) is 10.0 Å². The molecular formula is C23H30N2O4S. The van der Waals surface area contributed by atoms with Crippen LogP contribution >= 0.6 is 0 Å². The van der Waals surface area contributed by atoms with Crippen LogP contribution in [-0.4, -0.2) is 44.4 Å². The van der Waals surface area contributed by atoms with Crippen LogP contribution < -0.4 is 10.1 Å². The largest absolute Gasteiger partial charge is 0.494 e. The molecule has 1 unspecified atom stereocenters. The number of benzene rings is 2. The van der Waals surface area contributed by atoms with E-state index < -0.39 is 10.0 Å². The van der Waals surface area contributed by atoms with Gasteiger partial charge in [0, 0.05) is 24.7 Å². The summed E-state index contributed by atoms with van der Waals surface area (Å²) in [4.78, 5) is 12.7. The van der Waals surface area contributed by atoms with Crippen molar-refractivity contribution in [2.45, 2.75) is 50.5 Å². The standard InChI is InChI=1S/C23H30N2O4S/c1-3-29-21-11-9-19(10-12-21)23(26)24-16-15-20-6-4-5-17-25(20)30(27,28)22-13-7-18(2)8-14-22/h7-14,20H,3-6,15-17H2,1-2H3,(H,24,26). The fraction of sp³-hybridized carbons (Fsp3) is 0.435. The molecule has 1 aliphatic rings. The Labute approximate surface area is 179 Å². The number of aryl methyl sites for hydroxylation is 1. The number of hydrogen-bond donors (Lipinski definition) is 1. The van der Waals surface area contributed by atoms with E-state index in [9.17, 15) is 13.2 Å². The summed E-state index contributed by atoms with van der Waals surface area (Å²) < 4.78 is 33.3. The van der Waals surface area contributed by atoms with E-state index in [2.05, 4.69) is 5.32 Å². The molecule has 0 aromatic heterocycles. The summed E-state index contributed by atoms with van der Waals surface area (Å²) in [6.45, 7) is 5.38. The van der Waals surface area contributed by atoms with Gasteiger partial charge in [0.05, 0.1) is 11.5 Å². The highest BCUT2D eigenvalue weighted by molar-refractivity contribution is 7.89. The van der Waals surface area contributed by atoms with Gasteiger partial charge in [0.15, 0.2) is 0 Å². The van der Waals surface area contributed by atoms with Crippen LogP contribution in [0, 0.1) is 6.92 Å². The highest BCUT2D eigenvalue weighted by Gasteiger charge is 2.33. The average molecular weight is 431 g/mol. The van der Waals surface area contributed by atoms with Crippen molar-refractivity contribution >= 4 is 15.9 Å². The van der Waals surface area contributed by atoms with Gasteiger partial charge in [0.1, 0.15) is 5.75 Å².